The fraction of sp³-hybridized carbons (Fsp3) is 0.0833. The van der Waals surface area contributed by atoms with Gasteiger partial charge in [0.1, 0.15) is 0 Å². The summed E-state index contributed by atoms with van der Waals surface area (Å²) >= 11 is 6.91. The van der Waals surface area contributed by atoms with Crippen LogP contribution in [0.25, 0.3) is 0 Å². The van der Waals surface area contributed by atoms with Gasteiger partial charge in [-0.15, -0.1) is 11.3 Å². The molecular formula is C12H8ClNO2S. The van der Waals surface area contributed by atoms with E-state index in [9.17, 15) is 9.59 Å². The van der Waals surface area contributed by atoms with Gasteiger partial charge < -0.3 is 0 Å². The molecule has 0 bridgehead atoms. The summed E-state index contributed by atoms with van der Waals surface area (Å²) < 4.78 is 0.544. The van der Waals surface area contributed by atoms with Crippen LogP contribution in [0.15, 0.2) is 36.7 Å². The van der Waals surface area contributed by atoms with Crippen molar-refractivity contribution in [3.05, 3.63) is 51.4 Å². The number of carbonyl (C=O) groups is 2. The first-order valence-electron chi connectivity index (χ1n) is 4.88. The van der Waals surface area contributed by atoms with Gasteiger partial charge in [-0.3, -0.25) is 14.6 Å². The Morgan fingerprint density at radius 2 is 2.06 bits per heavy atom. The van der Waals surface area contributed by atoms with Crippen LogP contribution in [-0.4, -0.2) is 16.6 Å². The van der Waals surface area contributed by atoms with Crippen molar-refractivity contribution in [1.82, 2.24) is 4.98 Å². The molecule has 0 saturated heterocycles. The molecule has 0 aromatic carbocycles. The second-order valence-electron chi connectivity index (χ2n) is 3.37. The Labute approximate surface area is 107 Å². The molecule has 5 heteroatoms. The van der Waals surface area contributed by atoms with Crippen LogP contribution in [0, 0.1) is 0 Å². The summed E-state index contributed by atoms with van der Waals surface area (Å²) in [5, 5.41) is 0. The molecule has 17 heavy (non-hydrogen) atoms. The van der Waals surface area contributed by atoms with Crippen LogP contribution in [-0.2, 0) is 0 Å². The van der Waals surface area contributed by atoms with E-state index in [1.165, 1.54) is 17.5 Å². The van der Waals surface area contributed by atoms with Gasteiger partial charge in [-0.25, -0.2) is 0 Å². The molecule has 0 radical (unpaired) electrons. The molecule has 0 aliphatic rings. The van der Waals surface area contributed by atoms with Gasteiger partial charge >= 0.3 is 0 Å². The van der Waals surface area contributed by atoms with Crippen LogP contribution in [0.2, 0.25) is 4.34 Å². The van der Waals surface area contributed by atoms with Gasteiger partial charge in [0.2, 0.25) is 0 Å². The maximum Gasteiger partial charge on any atom is 0.180 e. The van der Waals surface area contributed by atoms with Crippen molar-refractivity contribution in [3.63, 3.8) is 0 Å². The zero-order valence-electron chi connectivity index (χ0n) is 8.72. The van der Waals surface area contributed by atoms with Crippen LogP contribution in [0.4, 0.5) is 0 Å². The van der Waals surface area contributed by atoms with Crippen LogP contribution in [0.1, 0.15) is 26.5 Å². The molecule has 0 atom stereocenters. The molecule has 0 aliphatic carbocycles. The average Bonchev–Trinajstić information content (AvgIpc) is 2.77. The highest BCUT2D eigenvalue weighted by atomic mass is 35.5. The predicted octanol–water partition coefficient (Wildman–Crippen LogP) is 3.25. The predicted molar refractivity (Wildman–Crippen MR) is 66.8 cm³/mol. The molecule has 0 fully saturated rings. The lowest BCUT2D eigenvalue weighted by molar-refractivity contribution is 0.0896. The number of aromatic nitrogens is 1. The topological polar surface area (TPSA) is 47.0 Å². The minimum absolute atomic E-state index is 0.150. The SMILES string of the molecule is O=C(CC(=O)c1ccc(Cl)s1)c1cccnc1. The van der Waals surface area contributed by atoms with Crippen molar-refractivity contribution in [1.29, 1.82) is 0 Å². The second kappa shape index (κ2) is 5.21. The van der Waals surface area contributed by atoms with Gasteiger partial charge in [0.15, 0.2) is 11.6 Å². The summed E-state index contributed by atoms with van der Waals surface area (Å²) in [5.74, 6) is -0.441. The van der Waals surface area contributed by atoms with E-state index in [1.54, 1.807) is 30.5 Å². The Kier molecular flexibility index (Phi) is 3.66. The van der Waals surface area contributed by atoms with Crippen LogP contribution in [0.5, 0.6) is 0 Å². The molecule has 2 heterocycles. The third-order valence-electron chi connectivity index (χ3n) is 2.15. The monoisotopic (exact) mass is 265 g/mol. The molecule has 2 rings (SSSR count). The molecule has 0 amide bonds. The Balaban J connectivity index is 2.07. The number of hydrogen-bond acceptors (Lipinski definition) is 4. The van der Waals surface area contributed by atoms with E-state index in [1.807, 2.05) is 0 Å². The second-order valence-corrected chi connectivity index (χ2v) is 5.08. The van der Waals surface area contributed by atoms with E-state index in [2.05, 4.69) is 4.98 Å². The molecule has 2 aromatic heterocycles. The van der Waals surface area contributed by atoms with Gasteiger partial charge in [-0.05, 0) is 24.3 Å². The van der Waals surface area contributed by atoms with Crippen molar-refractivity contribution in [2.75, 3.05) is 0 Å². The largest absolute Gasteiger partial charge is 0.294 e. The van der Waals surface area contributed by atoms with Crippen molar-refractivity contribution in [3.8, 4) is 0 Å². The third kappa shape index (κ3) is 2.99. The number of rotatable bonds is 4. The number of Topliss-reactive ketones (excluding diaryl/α,β-unsaturated/α-hetero) is 2. The molecule has 0 aliphatic heterocycles. The zero-order valence-corrected chi connectivity index (χ0v) is 10.3. The number of ketones is 2. The van der Waals surface area contributed by atoms with Crippen molar-refractivity contribution in [2.24, 2.45) is 0 Å². The number of hydrogen-bond donors (Lipinski definition) is 0. The van der Waals surface area contributed by atoms with E-state index < -0.39 is 0 Å². The molecular weight excluding hydrogens is 258 g/mol. The summed E-state index contributed by atoms with van der Waals surface area (Å²) in [6.45, 7) is 0. The number of carbonyl (C=O) groups excluding carboxylic acids is 2. The fourth-order valence-corrected chi connectivity index (χ4v) is 2.31. The number of pyridine rings is 1. The number of thiophene rings is 1. The molecule has 0 unspecified atom stereocenters. The summed E-state index contributed by atoms with van der Waals surface area (Å²) in [6.07, 6.45) is 2.89. The smallest absolute Gasteiger partial charge is 0.180 e. The Bertz CT molecular complexity index is 551. The van der Waals surface area contributed by atoms with E-state index in [4.69, 9.17) is 11.6 Å². The number of halogens is 1. The zero-order chi connectivity index (χ0) is 12.3. The van der Waals surface area contributed by atoms with Gasteiger partial charge in [-0.1, -0.05) is 11.6 Å². The van der Waals surface area contributed by atoms with E-state index in [-0.39, 0.29) is 18.0 Å². The minimum Gasteiger partial charge on any atom is -0.294 e. The summed E-state index contributed by atoms with van der Waals surface area (Å²) in [4.78, 5) is 27.8. The standard InChI is InChI=1S/C12H8ClNO2S/c13-12-4-3-11(17-12)10(16)6-9(15)8-2-1-5-14-7-8/h1-5,7H,6H2. The highest BCUT2D eigenvalue weighted by Crippen LogP contribution is 2.22. The summed E-state index contributed by atoms with van der Waals surface area (Å²) in [6, 6.07) is 6.59. The lowest BCUT2D eigenvalue weighted by Crippen LogP contribution is -2.07. The Morgan fingerprint density at radius 3 is 2.65 bits per heavy atom. The van der Waals surface area contributed by atoms with Crippen molar-refractivity contribution >= 4 is 34.5 Å². The maximum absolute atomic E-state index is 11.8. The summed E-state index contributed by atoms with van der Waals surface area (Å²) in [7, 11) is 0. The lowest BCUT2D eigenvalue weighted by atomic mass is 10.1. The average molecular weight is 266 g/mol. The fourth-order valence-electron chi connectivity index (χ4n) is 1.33. The molecule has 0 spiro atoms. The highest BCUT2D eigenvalue weighted by molar-refractivity contribution is 7.18. The maximum atomic E-state index is 11.8. The number of nitrogens with zero attached hydrogens (tertiary/aromatic N) is 1. The normalized spacial score (nSPS) is 10.2. The molecule has 86 valence electrons. The quantitative estimate of drug-likeness (QED) is 0.630. The Morgan fingerprint density at radius 1 is 1.24 bits per heavy atom. The lowest BCUT2D eigenvalue weighted by Gasteiger charge is -1.98. The van der Waals surface area contributed by atoms with Crippen molar-refractivity contribution < 1.29 is 9.59 Å². The van der Waals surface area contributed by atoms with Gasteiger partial charge in [0.05, 0.1) is 15.6 Å². The Hall–Kier alpha value is -1.52. The van der Waals surface area contributed by atoms with Crippen LogP contribution < -0.4 is 0 Å². The van der Waals surface area contributed by atoms with E-state index >= 15 is 0 Å². The molecule has 0 saturated carbocycles. The highest BCUT2D eigenvalue weighted by Gasteiger charge is 2.15. The van der Waals surface area contributed by atoms with Gasteiger partial charge in [-0.2, -0.15) is 0 Å². The first kappa shape index (κ1) is 12.0. The third-order valence-corrected chi connectivity index (χ3v) is 3.42. The van der Waals surface area contributed by atoms with Crippen molar-refractivity contribution in [2.45, 2.75) is 6.42 Å². The van der Waals surface area contributed by atoms with Gasteiger partial charge in [0, 0.05) is 18.0 Å². The van der Waals surface area contributed by atoms with Crippen LogP contribution in [0.3, 0.4) is 0 Å². The van der Waals surface area contributed by atoms with Gasteiger partial charge in [0.25, 0.3) is 0 Å². The molecule has 0 N–H and O–H groups in total. The minimum atomic E-state index is -0.229. The van der Waals surface area contributed by atoms with E-state index in [0.29, 0.717) is 14.8 Å². The first-order chi connectivity index (χ1) is 8.16. The summed E-state index contributed by atoms with van der Waals surface area (Å²) in [5.41, 5.74) is 0.448. The van der Waals surface area contributed by atoms with E-state index in [0.717, 1.165) is 0 Å². The molecule has 3 nitrogen and oxygen atoms in total. The first-order valence-corrected chi connectivity index (χ1v) is 6.08. The van der Waals surface area contributed by atoms with Crippen LogP contribution >= 0.6 is 22.9 Å². The molecule has 2 aromatic rings.